The monoisotopic (exact) mass is 288 g/mol. The lowest BCUT2D eigenvalue weighted by molar-refractivity contribution is 0.0825. The molecule has 2 unspecified atom stereocenters. The number of aliphatic hydroxyl groups excluding tert-OH is 1. The first-order valence-corrected chi connectivity index (χ1v) is 7.20. The van der Waals surface area contributed by atoms with E-state index in [-0.39, 0.29) is 18.6 Å². The molecule has 1 aromatic heterocycles. The summed E-state index contributed by atoms with van der Waals surface area (Å²) in [6, 6.07) is 3.36. The summed E-state index contributed by atoms with van der Waals surface area (Å²) in [7, 11) is 0. The van der Waals surface area contributed by atoms with Crippen molar-refractivity contribution in [3.05, 3.63) is 29.6 Å². The Balaban J connectivity index is 1.88. The van der Waals surface area contributed by atoms with Crippen LogP contribution in [0.4, 0.5) is 0 Å². The first kappa shape index (κ1) is 15.5. The summed E-state index contributed by atoms with van der Waals surface area (Å²) in [5.41, 5.74) is 1.05. The third kappa shape index (κ3) is 4.28. The second-order valence-electron chi connectivity index (χ2n) is 4.97. The van der Waals surface area contributed by atoms with Gasteiger partial charge in [0.15, 0.2) is 0 Å². The Bertz CT molecular complexity index is 531. The molecule has 0 saturated carbocycles. The van der Waals surface area contributed by atoms with E-state index >= 15 is 0 Å². The molecule has 1 aliphatic heterocycles. The van der Waals surface area contributed by atoms with Crippen LogP contribution in [0.15, 0.2) is 18.3 Å². The van der Waals surface area contributed by atoms with Gasteiger partial charge in [-0.15, -0.1) is 0 Å². The number of carbonyl (C=O) groups is 1. The molecule has 1 aromatic rings. The summed E-state index contributed by atoms with van der Waals surface area (Å²) in [6.07, 6.45) is 3.73. The molecule has 1 saturated heterocycles. The fraction of sp³-hybridized carbons (Fsp3) is 0.500. The number of aromatic nitrogens is 1. The Labute approximate surface area is 124 Å². The van der Waals surface area contributed by atoms with Crippen LogP contribution in [0.5, 0.6) is 0 Å². The molecule has 2 atom stereocenters. The Morgan fingerprint density at radius 2 is 2.43 bits per heavy atom. The van der Waals surface area contributed by atoms with E-state index in [2.05, 4.69) is 29.1 Å². The molecule has 0 aliphatic carbocycles. The van der Waals surface area contributed by atoms with Gasteiger partial charge in [0.1, 0.15) is 12.3 Å². The van der Waals surface area contributed by atoms with Crippen molar-refractivity contribution in [2.45, 2.75) is 25.9 Å². The van der Waals surface area contributed by atoms with Crippen LogP contribution < -0.4 is 5.32 Å². The van der Waals surface area contributed by atoms with Crippen LogP contribution in [0.1, 0.15) is 35.8 Å². The topological polar surface area (TPSA) is 71.5 Å². The molecule has 2 rings (SSSR count). The fourth-order valence-corrected chi connectivity index (χ4v) is 2.44. The Kier molecular flexibility index (Phi) is 5.73. The van der Waals surface area contributed by atoms with Crippen molar-refractivity contribution in [1.29, 1.82) is 0 Å². The minimum absolute atomic E-state index is 0.182. The zero-order valence-corrected chi connectivity index (χ0v) is 12.1. The molecule has 0 spiro atoms. The molecule has 21 heavy (non-hydrogen) atoms. The average molecular weight is 288 g/mol. The van der Waals surface area contributed by atoms with Gasteiger partial charge in [-0.2, -0.15) is 0 Å². The highest BCUT2D eigenvalue weighted by atomic mass is 16.5. The van der Waals surface area contributed by atoms with Gasteiger partial charge in [-0.25, -0.2) is 4.98 Å². The summed E-state index contributed by atoms with van der Waals surface area (Å²) in [6.45, 7) is 3.30. The molecule has 2 N–H and O–H groups in total. The third-order valence-corrected chi connectivity index (χ3v) is 3.58. The van der Waals surface area contributed by atoms with Crippen molar-refractivity contribution in [3.63, 3.8) is 0 Å². The summed E-state index contributed by atoms with van der Waals surface area (Å²) < 4.78 is 5.60. The number of hydrogen-bond acceptors (Lipinski definition) is 4. The smallest absolute Gasteiger partial charge is 0.269 e. The van der Waals surface area contributed by atoms with Crippen LogP contribution in [0.2, 0.25) is 0 Å². The molecule has 1 fully saturated rings. The lowest BCUT2D eigenvalue weighted by atomic mass is 10.00. The molecule has 5 heteroatoms. The highest BCUT2D eigenvalue weighted by Gasteiger charge is 2.26. The van der Waals surface area contributed by atoms with Gasteiger partial charge < -0.3 is 15.2 Å². The summed E-state index contributed by atoms with van der Waals surface area (Å²) >= 11 is 0. The first-order chi connectivity index (χ1) is 10.2. The van der Waals surface area contributed by atoms with Gasteiger partial charge in [0, 0.05) is 30.8 Å². The first-order valence-electron chi connectivity index (χ1n) is 7.20. The highest BCUT2D eigenvalue weighted by molar-refractivity contribution is 5.92. The van der Waals surface area contributed by atoms with Crippen LogP contribution >= 0.6 is 0 Å². The Morgan fingerprint density at radius 1 is 1.57 bits per heavy atom. The van der Waals surface area contributed by atoms with Gasteiger partial charge in [0.05, 0.1) is 6.10 Å². The molecule has 5 nitrogen and oxygen atoms in total. The van der Waals surface area contributed by atoms with Gasteiger partial charge in [0.25, 0.3) is 5.91 Å². The van der Waals surface area contributed by atoms with Crippen LogP contribution in [0, 0.1) is 17.8 Å². The molecule has 0 radical (unpaired) electrons. The van der Waals surface area contributed by atoms with E-state index < -0.39 is 0 Å². The second-order valence-corrected chi connectivity index (χ2v) is 4.97. The minimum Gasteiger partial charge on any atom is -0.384 e. The highest BCUT2D eigenvalue weighted by Crippen LogP contribution is 2.22. The van der Waals surface area contributed by atoms with E-state index in [9.17, 15) is 4.79 Å². The van der Waals surface area contributed by atoms with Crippen LogP contribution in [0.3, 0.4) is 0 Å². The Hall–Kier alpha value is -1.90. The predicted octanol–water partition coefficient (Wildman–Crippen LogP) is 0.970. The van der Waals surface area contributed by atoms with Crippen molar-refractivity contribution >= 4 is 5.91 Å². The number of amides is 1. The van der Waals surface area contributed by atoms with E-state index in [1.807, 2.05) is 0 Å². The summed E-state index contributed by atoms with van der Waals surface area (Å²) in [4.78, 5) is 16.1. The van der Waals surface area contributed by atoms with E-state index in [1.165, 1.54) is 6.20 Å². The van der Waals surface area contributed by atoms with Crippen molar-refractivity contribution in [2.24, 2.45) is 5.92 Å². The van der Waals surface area contributed by atoms with E-state index in [0.717, 1.165) is 19.4 Å². The normalized spacial score (nSPS) is 20.7. The quantitative estimate of drug-likeness (QED) is 0.810. The number of hydrogen-bond donors (Lipinski definition) is 2. The lowest BCUT2D eigenvalue weighted by Gasteiger charge is -2.17. The zero-order valence-electron chi connectivity index (χ0n) is 12.1. The molecular formula is C16H20N2O3. The zero-order chi connectivity index (χ0) is 15.1. The van der Waals surface area contributed by atoms with E-state index in [4.69, 9.17) is 9.84 Å². The molecule has 1 aliphatic rings. The van der Waals surface area contributed by atoms with Crippen molar-refractivity contribution < 1.29 is 14.6 Å². The SMILES string of the molecule is CCC1OCCC1CNC(=O)c1ccc(C#CCO)cn1. The predicted molar refractivity (Wildman–Crippen MR) is 78.7 cm³/mol. The van der Waals surface area contributed by atoms with Gasteiger partial charge in [-0.1, -0.05) is 18.8 Å². The number of carbonyl (C=O) groups excluding carboxylic acids is 1. The maximum atomic E-state index is 12.0. The maximum Gasteiger partial charge on any atom is 0.269 e. The third-order valence-electron chi connectivity index (χ3n) is 3.58. The number of nitrogens with zero attached hydrogens (tertiary/aromatic N) is 1. The molecular weight excluding hydrogens is 268 g/mol. The lowest BCUT2D eigenvalue weighted by Crippen LogP contribution is -2.33. The van der Waals surface area contributed by atoms with Crippen LogP contribution in [-0.4, -0.2) is 41.9 Å². The van der Waals surface area contributed by atoms with Crippen molar-refractivity contribution in [2.75, 3.05) is 19.8 Å². The Morgan fingerprint density at radius 3 is 3.10 bits per heavy atom. The molecule has 0 bridgehead atoms. The van der Waals surface area contributed by atoms with E-state index in [1.54, 1.807) is 12.1 Å². The van der Waals surface area contributed by atoms with E-state index in [0.29, 0.717) is 23.7 Å². The van der Waals surface area contributed by atoms with Crippen molar-refractivity contribution in [1.82, 2.24) is 10.3 Å². The average Bonchev–Trinajstić information content (AvgIpc) is 2.98. The fourth-order valence-electron chi connectivity index (χ4n) is 2.44. The molecule has 112 valence electrons. The largest absolute Gasteiger partial charge is 0.384 e. The van der Waals surface area contributed by atoms with Gasteiger partial charge in [-0.05, 0) is 25.0 Å². The summed E-state index contributed by atoms with van der Waals surface area (Å²) in [5, 5.41) is 11.5. The number of pyridine rings is 1. The molecule has 1 amide bonds. The number of rotatable bonds is 4. The van der Waals surface area contributed by atoms with Crippen molar-refractivity contribution in [3.8, 4) is 11.8 Å². The van der Waals surface area contributed by atoms with Gasteiger partial charge >= 0.3 is 0 Å². The minimum atomic E-state index is -0.190. The maximum absolute atomic E-state index is 12.0. The molecule has 2 heterocycles. The second kappa shape index (κ2) is 7.77. The number of aliphatic hydroxyl groups is 1. The van der Waals surface area contributed by atoms with Crippen LogP contribution in [-0.2, 0) is 4.74 Å². The summed E-state index contributed by atoms with van der Waals surface area (Å²) in [5.74, 6) is 5.48. The van der Waals surface area contributed by atoms with Gasteiger partial charge in [0.2, 0.25) is 0 Å². The van der Waals surface area contributed by atoms with Crippen LogP contribution in [0.25, 0.3) is 0 Å². The standard InChI is InChI=1S/C16H20N2O3/c1-2-15-13(7-9-21-15)11-18-16(20)14-6-5-12(10-17-14)4-3-8-19/h5-6,10,13,15,19H,2,7-9,11H2,1H3,(H,18,20). The molecule has 0 aromatic carbocycles. The van der Waals surface area contributed by atoms with Gasteiger partial charge in [-0.3, -0.25) is 4.79 Å². The number of nitrogens with one attached hydrogen (secondary N) is 1. The number of ether oxygens (including phenoxy) is 1.